The highest BCUT2D eigenvalue weighted by atomic mass is 79.9. The second kappa shape index (κ2) is 4.90. The predicted octanol–water partition coefficient (Wildman–Crippen LogP) is 2.15. The van der Waals surface area contributed by atoms with Crippen LogP contribution in [0.3, 0.4) is 0 Å². The maximum absolute atomic E-state index is 12.7. The van der Waals surface area contributed by atoms with E-state index in [0.717, 1.165) is 36.8 Å². The quantitative estimate of drug-likeness (QED) is 0.870. The van der Waals surface area contributed by atoms with Crippen molar-refractivity contribution in [3.05, 3.63) is 16.4 Å². The molecule has 0 saturated carbocycles. The van der Waals surface area contributed by atoms with Crippen LogP contribution < -0.4 is 5.32 Å². The normalized spacial score (nSPS) is 24.9. The van der Waals surface area contributed by atoms with Crippen molar-refractivity contribution in [1.82, 2.24) is 15.1 Å². The number of aromatic nitrogens is 2. The second-order valence-electron chi connectivity index (χ2n) is 4.71. The minimum absolute atomic E-state index is 0.207. The highest BCUT2D eigenvalue weighted by Gasteiger charge is 2.40. The Morgan fingerprint density at radius 3 is 2.94 bits per heavy atom. The lowest BCUT2D eigenvalue weighted by molar-refractivity contribution is 0.0719. The molecule has 4 nitrogen and oxygen atoms in total. The first-order valence-electron chi connectivity index (χ1n) is 6.04. The Hall–Kier alpha value is -0.680. The summed E-state index contributed by atoms with van der Waals surface area (Å²) in [5.41, 5.74) is 0.435. The minimum atomic E-state index is -0.255. The van der Waals surface area contributed by atoms with Gasteiger partial charge in [-0.15, -0.1) is 0 Å². The lowest BCUT2D eigenvalue weighted by Gasteiger charge is -2.35. The van der Waals surface area contributed by atoms with Gasteiger partial charge in [-0.05, 0) is 41.7 Å². The van der Waals surface area contributed by atoms with Crippen LogP contribution in [0.1, 0.15) is 36.7 Å². The minimum Gasteiger partial charge on any atom is -0.316 e. The molecule has 1 aromatic rings. The van der Waals surface area contributed by atoms with E-state index in [9.17, 15) is 4.79 Å². The average Bonchev–Trinajstić information content (AvgIpc) is 2.69. The number of nitrogens with one attached hydrogen (secondary N) is 1. The molecule has 94 valence electrons. The molecule has 2 heterocycles. The summed E-state index contributed by atoms with van der Waals surface area (Å²) >= 11 is 3.41. The number of piperidine rings is 1. The molecule has 0 amide bonds. The number of Topliss-reactive ketones (excluding diaryl/α,β-unsaturated/α-hetero) is 1. The Morgan fingerprint density at radius 1 is 1.71 bits per heavy atom. The van der Waals surface area contributed by atoms with Gasteiger partial charge in [0.15, 0.2) is 5.78 Å². The number of nitrogens with zero attached hydrogens (tertiary/aromatic N) is 2. The van der Waals surface area contributed by atoms with Crippen LogP contribution in [-0.4, -0.2) is 28.7 Å². The van der Waals surface area contributed by atoms with Crippen LogP contribution in [-0.2, 0) is 7.05 Å². The van der Waals surface area contributed by atoms with Crippen LogP contribution in [0.25, 0.3) is 0 Å². The molecule has 1 aliphatic rings. The van der Waals surface area contributed by atoms with Gasteiger partial charge in [0.25, 0.3) is 0 Å². The fourth-order valence-corrected chi connectivity index (χ4v) is 3.07. The maximum atomic E-state index is 12.7. The summed E-state index contributed by atoms with van der Waals surface area (Å²) in [5.74, 6) is 0.207. The van der Waals surface area contributed by atoms with Gasteiger partial charge in [-0.2, -0.15) is 5.10 Å². The molecule has 0 spiro atoms. The third kappa shape index (κ3) is 2.18. The van der Waals surface area contributed by atoms with Gasteiger partial charge in [-0.25, -0.2) is 0 Å². The van der Waals surface area contributed by atoms with Crippen molar-refractivity contribution in [1.29, 1.82) is 0 Å². The molecule has 0 bridgehead atoms. The van der Waals surface area contributed by atoms with Gasteiger partial charge < -0.3 is 5.32 Å². The van der Waals surface area contributed by atoms with Gasteiger partial charge in [0, 0.05) is 19.0 Å². The summed E-state index contributed by atoms with van der Waals surface area (Å²) in [6, 6.07) is 0. The molecule has 1 N–H and O–H groups in total. The van der Waals surface area contributed by atoms with Crippen molar-refractivity contribution < 1.29 is 4.79 Å². The first-order chi connectivity index (χ1) is 8.10. The van der Waals surface area contributed by atoms with E-state index in [2.05, 4.69) is 33.3 Å². The molecule has 1 unspecified atom stereocenters. The Kier molecular flexibility index (Phi) is 3.68. The van der Waals surface area contributed by atoms with E-state index in [-0.39, 0.29) is 11.2 Å². The van der Waals surface area contributed by atoms with Crippen molar-refractivity contribution in [3.8, 4) is 0 Å². The summed E-state index contributed by atoms with van der Waals surface area (Å²) in [5, 5.41) is 7.47. The van der Waals surface area contributed by atoms with Gasteiger partial charge in [0.05, 0.1) is 10.7 Å². The highest BCUT2D eigenvalue weighted by Crippen LogP contribution is 2.35. The summed E-state index contributed by atoms with van der Waals surface area (Å²) in [6.45, 7) is 3.89. The predicted molar refractivity (Wildman–Crippen MR) is 70.1 cm³/mol. The molecule has 0 aliphatic carbocycles. The summed E-state index contributed by atoms with van der Waals surface area (Å²) in [4.78, 5) is 12.7. The SMILES string of the molecule is CCC1(C(=O)c2c(Br)cnn2C)CCCNC1. The van der Waals surface area contributed by atoms with E-state index < -0.39 is 0 Å². The third-order valence-electron chi connectivity index (χ3n) is 3.74. The van der Waals surface area contributed by atoms with Crippen molar-refractivity contribution >= 4 is 21.7 Å². The molecule has 1 fully saturated rings. The van der Waals surface area contributed by atoms with Gasteiger partial charge in [-0.1, -0.05) is 6.92 Å². The zero-order chi connectivity index (χ0) is 12.5. The molecule has 1 atom stereocenters. The highest BCUT2D eigenvalue weighted by molar-refractivity contribution is 9.10. The van der Waals surface area contributed by atoms with Crippen LogP contribution in [0.15, 0.2) is 10.7 Å². The molecule has 1 aliphatic heterocycles. The Morgan fingerprint density at radius 2 is 2.47 bits per heavy atom. The molecule has 1 saturated heterocycles. The Balaban J connectivity index is 2.35. The van der Waals surface area contributed by atoms with Crippen LogP contribution in [0, 0.1) is 5.41 Å². The van der Waals surface area contributed by atoms with E-state index >= 15 is 0 Å². The monoisotopic (exact) mass is 299 g/mol. The second-order valence-corrected chi connectivity index (χ2v) is 5.56. The van der Waals surface area contributed by atoms with Crippen LogP contribution >= 0.6 is 15.9 Å². The van der Waals surface area contributed by atoms with Crippen LogP contribution in [0.5, 0.6) is 0 Å². The molecular formula is C12H18BrN3O. The molecule has 5 heteroatoms. The van der Waals surface area contributed by atoms with Crippen molar-refractivity contribution in [2.45, 2.75) is 26.2 Å². The Bertz CT molecular complexity index is 402. The fraction of sp³-hybridized carbons (Fsp3) is 0.667. The van der Waals surface area contributed by atoms with Crippen LogP contribution in [0.2, 0.25) is 0 Å². The summed E-state index contributed by atoms with van der Waals surface area (Å²) in [7, 11) is 1.82. The van der Waals surface area contributed by atoms with Crippen molar-refractivity contribution in [2.75, 3.05) is 13.1 Å². The molecule has 0 aromatic carbocycles. The Labute approximate surface area is 110 Å². The number of rotatable bonds is 3. The number of aryl methyl sites for hydroxylation is 1. The van der Waals surface area contributed by atoms with Gasteiger partial charge in [0.2, 0.25) is 0 Å². The molecule has 2 rings (SSSR count). The number of hydrogen-bond acceptors (Lipinski definition) is 3. The van der Waals surface area contributed by atoms with Crippen LogP contribution in [0.4, 0.5) is 0 Å². The fourth-order valence-electron chi connectivity index (χ4n) is 2.54. The average molecular weight is 300 g/mol. The van der Waals surface area contributed by atoms with Gasteiger partial charge in [-0.3, -0.25) is 9.48 Å². The van der Waals surface area contributed by atoms with Gasteiger partial charge in [0.1, 0.15) is 5.69 Å². The van der Waals surface area contributed by atoms with Crippen molar-refractivity contribution in [3.63, 3.8) is 0 Å². The lowest BCUT2D eigenvalue weighted by atomic mass is 9.74. The maximum Gasteiger partial charge on any atom is 0.189 e. The number of carbonyl (C=O) groups excluding carboxylic acids is 1. The molecule has 0 radical (unpaired) electrons. The number of carbonyl (C=O) groups is 1. The smallest absolute Gasteiger partial charge is 0.189 e. The van der Waals surface area contributed by atoms with Crippen molar-refractivity contribution in [2.24, 2.45) is 12.5 Å². The van der Waals surface area contributed by atoms with E-state index in [4.69, 9.17) is 0 Å². The number of hydrogen-bond donors (Lipinski definition) is 1. The standard InChI is InChI=1S/C12H18BrN3O/c1-3-12(5-4-6-14-8-12)11(17)10-9(13)7-15-16(10)2/h7,14H,3-6,8H2,1-2H3. The third-order valence-corrected chi connectivity index (χ3v) is 4.32. The van der Waals surface area contributed by atoms with E-state index in [1.54, 1.807) is 10.9 Å². The van der Waals surface area contributed by atoms with E-state index in [1.165, 1.54) is 0 Å². The lowest BCUT2D eigenvalue weighted by Crippen LogP contribution is -2.45. The van der Waals surface area contributed by atoms with E-state index in [1.807, 2.05) is 7.05 Å². The number of ketones is 1. The summed E-state index contributed by atoms with van der Waals surface area (Å²) in [6.07, 6.45) is 4.59. The largest absolute Gasteiger partial charge is 0.316 e. The van der Waals surface area contributed by atoms with Gasteiger partial charge >= 0.3 is 0 Å². The topological polar surface area (TPSA) is 46.9 Å². The zero-order valence-corrected chi connectivity index (χ0v) is 11.9. The molecular weight excluding hydrogens is 282 g/mol. The summed E-state index contributed by atoms with van der Waals surface area (Å²) < 4.78 is 2.46. The first kappa shape index (κ1) is 12.8. The van der Waals surface area contributed by atoms with E-state index in [0.29, 0.717) is 5.69 Å². The molecule has 17 heavy (non-hydrogen) atoms. The molecule has 1 aromatic heterocycles. The number of halogens is 1. The zero-order valence-electron chi connectivity index (χ0n) is 10.3. The first-order valence-corrected chi connectivity index (χ1v) is 6.83.